The van der Waals surface area contributed by atoms with E-state index in [0.29, 0.717) is 18.0 Å². The standard InChI is InChI=1S/C30H31N3O4S/c34-29(33-36)27-17-23-14-13-21(16-26(23)38-27)18-31-24-10-6-7-20(15-24)19-32-28(22-8-2-1-3-9-22)30(35)37-25-11-4-5-12-25/h1-3,6-10,13-17,25,28,31-32,36H,4-5,11-12,18-19H2,(H,33,34). The van der Waals surface area contributed by atoms with E-state index in [-0.39, 0.29) is 12.1 Å². The van der Waals surface area contributed by atoms with Crippen molar-refractivity contribution >= 4 is 39.0 Å². The highest BCUT2D eigenvalue weighted by atomic mass is 32.1. The van der Waals surface area contributed by atoms with Gasteiger partial charge in [0.25, 0.3) is 5.91 Å². The Morgan fingerprint density at radius 3 is 2.50 bits per heavy atom. The number of hydrogen-bond donors (Lipinski definition) is 4. The summed E-state index contributed by atoms with van der Waals surface area (Å²) < 4.78 is 6.82. The number of hydrogen-bond acceptors (Lipinski definition) is 7. The molecule has 1 aliphatic rings. The Morgan fingerprint density at radius 1 is 0.921 bits per heavy atom. The van der Waals surface area contributed by atoms with Crippen LogP contribution in [0, 0.1) is 0 Å². The van der Waals surface area contributed by atoms with Crippen molar-refractivity contribution in [3.05, 3.63) is 100 Å². The molecule has 1 fully saturated rings. The Morgan fingerprint density at radius 2 is 1.71 bits per heavy atom. The molecule has 8 heteroatoms. The fourth-order valence-electron chi connectivity index (χ4n) is 4.79. The van der Waals surface area contributed by atoms with E-state index >= 15 is 0 Å². The van der Waals surface area contributed by atoms with Gasteiger partial charge in [0.1, 0.15) is 12.1 Å². The third kappa shape index (κ3) is 6.39. The molecular weight excluding hydrogens is 498 g/mol. The number of carbonyl (C=O) groups is 2. The van der Waals surface area contributed by atoms with Gasteiger partial charge >= 0.3 is 5.97 Å². The fraction of sp³-hybridized carbons (Fsp3) is 0.267. The maximum Gasteiger partial charge on any atom is 0.328 e. The van der Waals surface area contributed by atoms with Crippen molar-refractivity contribution in [1.82, 2.24) is 10.8 Å². The molecular formula is C30H31N3O4S. The molecule has 196 valence electrons. The van der Waals surface area contributed by atoms with E-state index in [0.717, 1.165) is 58.1 Å². The molecule has 4 N–H and O–H groups in total. The lowest BCUT2D eigenvalue weighted by Crippen LogP contribution is -2.32. The molecule has 4 aromatic rings. The van der Waals surface area contributed by atoms with Crippen molar-refractivity contribution in [2.75, 3.05) is 5.32 Å². The van der Waals surface area contributed by atoms with Crippen molar-refractivity contribution in [3.8, 4) is 0 Å². The van der Waals surface area contributed by atoms with E-state index in [1.807, 2.05) is 66.7 Å². The second kappa shape index (κ2) is 12.2. The van der Waals surface area contributed by atoms with Crippen LogP contribution < -0.4 is 16.1 Å². The average molecular weight is 530 g/mol. The molecule has 0 radical (unpaired) electrons. The normalized spacial score (nSPS) is 14.3. The Balaban J connectivity index is 1.22. The molecule has 1 unspecified atom stereocenters. The van der Waals surface area contributed by atoms with E-state index < -0.39 is 11.9 Å². The van der Waals surface area contributed by atoms with E-state index in [4.69, 9.17) is 9.94 Å². The summed E-state index contributed by atoms with van der Waals surface area (Å²) in [5, 5.41) is 16.7. The van der Waals surface area contributed by atoms with E-state index in [9.17, 15) is 9.59 Å². The summed E-state index contributed by atoms with van der Waals surface area (Å²) in [6, 6.07) is 25.1. The maximum atomic E-state index is 13.1. The zero-order valence-corrected chi connectivity index (χ0v) is 21.8. The monoisotopic (exact) mass is 529 g/mol. The third-order valence-corrected chi connectivity index (χ3v) is 7.89. The first-order chi connectivity index (χ1) is 18.6. The third-order valence-electron chi connectivity index (χ3n) is 6.80. The van der Waals surface area contributed by atoms with Crippen LogP contribution in [0.1, 0.15) is 58.1 Å². The van der Waals surface area contributed by atoms with Gasteiger partial charge in [-0.25, -0.2) is 10.3 Å². The smallest absolute Gasteiger partial charge is 0.328 e. The summed E-state index contributed by atoms with van der Waals surface area (Å²) in [7, 11) is 0. The van der Waals surface area contributed by atoms with Gasteiger partial charge in [-0.1, -0.05) is 54.6 Å². The number of nitrogens with one attached hydrogen (secondary N) is 3. The molecule has 1 heterocycles. The number of benzene rings is 3. The Kier molecular flexibility index (Phi) is 8.33. The molecule has 5 rings (SSSR count). The highest BCUT2D eigenvalue weighted by Crippen LogP contribution is 2.27. The highest BCUT2D eigenvalue weighted by molar-refractivity contribution is 7.20. The number of fused-ring (bicyclic) bond motifs is 1. The van der Waals surface area contributed by atoms with Crippen LogP contribution in [0.5, 0.6) is 0 Å². The average Bonchev–Trinajstić information content (AvgIpc) is 3.62. The van der Waals surface area contributed by atoms with Gasteiger partial charge < -0.3 is 10.1 Å². The SMILES string of the molecule is O=C(NO)c1cc2ccc(CNc3cccc(CNC(C(=O)OC4CCCC4)c4ccccc4)c3)cc2s1. The fourth-order valence-corrected chi connectivity index (χ4v) is 5.81. The van der Waals surface area contributed by atoms with Crippen molar-refractivity contribution < 1.29 is 19.5 Å². The largest absolute Gasteiger partial charge is 0.461 e. The molecule has 0 saturated heterocycles. The van der Waals surface area contributed by atoms with Crippen LogP contribution in [0.25, 0.3) is 10.1 Å². The summed E-state index contributed by atoms with van der Waals surface area (Å²) in [6.45, 7) is 1.14. The minimum Gasteiger partial charge on any atom is -0.461 e. The lowest BCUT2D eigenvalue weighted by atomic mass is 10.1. The number of rotatable bonds is 10. The second-order valence-corrected chi connectivity index (χ2v) is 10.6. The quantitative estimate of drug-likeness (QED) is 0.115. The Hall–Kier alpha value is -3.72. The molecule has 1 atom stereocenters. The lowest BCUT2D eigenvalue weighted by Gasteiger charge is -2.21. The van der Waals surface area contributed by atoms with Crippen LogP contribution >= 0.6 is 11.3 Å². The molecule has 3 aromatic carbocycles. The number of esters is 1. The van der Waals surface area contributed by atoms with Gasteiger partial charge in [0.05, 0.1) is 4.88 Å². The number of thiophene rings is 1. The first-order valence-electron chi connectivity index (χ1n) is 12.9. The van der Waals surface area contributed by atoms with Crippen LogP contribution in [0.2, 0.25) is 0 Å². The van der Waals surface area contributed by atoms with Gasteiger partial charge in [0.15, 0.2) is 0 Å². The maximum absolute atomic E-state index is 13.1. The highest BCUT2D eigenvalue weighted by Gasteiger charge is 2.26. The van der Waals surface area contributed by atoms with Gasteiger partial charge in [0, 0.05) is 23.5 Å². The number of hydroxylamine groups is 1. The van der Waals surface area contributed by atoms with Crippen molar-refractivity contribution in [2.24, 2.45) is 0 Å². The number of ether oxygens (including phenoxy) is 1. The van der Waals surface area contributed by atoms with Crippen LogP contribution in [0.3, 0.4) is 0 Å². The first kappa shape index (κ1) is 25.9. The lowest BCUT2D eigenvalue weighted by molar-refractivity contribution is -0.151. The van der Waals surface area contributed by atoms with Gasteiger partial charge in [-0.2, -0.15) is 0 Å². The van der Waals surface area contributed by atoms with Crippen LogP contribution in [0.4, 0.5) is 5.69 Å². The summed E-state index contributed by atoms with van der Waals surface area (Å²) in [4.78, 5) is 25.2. The van der Waals surface area contributed by atoms with E-state index in [2.05, 4.69) is 16.7 Å². The second-order valence-electron chi connectivity index (χ2n) is 9.55. The number of carbonyl (C=O) groups excluding carboxylic acids is 2. The van der Waals surface area contributed by atoms with Gasteiger partial charge in [-0.05, 0) is 72.0 Å². The van der Waals surface area contributed by atoms with Crippen molar-refractivity contribution in [3.63, 3.8) is 0 Å². The Labute approximate surface area is 225 Å². The summed E-state index contributed by atoms with van der Waals surface area (Å²) in [6.07, 6.45) is 4.14. The van der Waals surface area contributed by atoms with Crippen LogP contribution in [-0.2, 0) is 22.6 Å². The predicted octanol–water partition coefficient (Wildman–Crippen LogP) is 5.95. The molecule has 7 nitrogen and oxygen atoms in total. The van der Waals surface area contributed by atoms with Crippen molar-refractivity contribution in [1.29, 1.82) is 0 Å². The van der Waals surface area contributed by atoms with Gasteiger partial charge in [-0.3, -0.25) is 15.3 Å². The van der Waals surface area contributed by atoms with E-state index in [1.165, 1.54) is 11.3 Å². The minimum absolute atomic E-state index is 0.0230. The van der Waals surface area contributed by atoms with Gasteiger partial charge in [0.2, 0.25) is 0 Å². The number of anilines is 1. The molecule has 0 spiro atoms. The summed E-state index contributed by atoms with van der Waals surface area (Å²) in [5.41, 5.74) is 5.69. The van der Waals surface area contributed by atoms with Crippen LogP contribution in [-0.4, -0.2) is 23.2 Å². The van der Waals surface area contributed by atoms with Crippen molar-refractivity contribution in [2.45, 2.75) is 50.9 Å². The molecule has 1 saturated carbocycles. The molecule has 0 aliphatic heterocycles. The van der Waals surface area contributed by atoms with Crippen LogP contribution in [0.15, 0.2) is 78.9 Å². The Bertz CT molecular complexity index is 1400. The zero-order chi connectivity index (χ0) is 26.3. The topological polar surface area (TPSA) is 99.7 Å². The molecule has 0 bridgehead atoms. The predicted molar refractivity (Wildman–Crippen MR) is 149 cm³/mol. The van der Waals surface area contributed by atoms with Gasteiger partial charge in [-0.15, -0.1) is 11.3 Å². The summed E-state index contributed by atoms with van der Waals surface area (Å²) in [5.74, 6) is -0.724. The minimum atomic E-state index is -0.524. The molecule has 1 aliphatic carbocycles. The first-order valence-corrected chi connectivity index (χ1v) is 13.7. The molecule has 38 heavy (non-hydrogen) atoms. The zero-order valence-electron chi connectivity index (χ0n) is 21.0. The molecule has 1 aromatic heterocycles. The molecule has 1 amide bonds. The summed E-state index contributed by atoms with van der Waals surface area (Å²) >= 11 is 1.34. The number of amides is 1. The van der Waals surface area contributed by atoms with E-state index in [1.54, 1.807) is 11.5 Å².